The van der Waals surface area contributed by atoms with E-state index in [4.69, 9.17) is 9.47 Å². The Labute approximate surface area is 97.8 Å². The van der Waals surface area contributed by atoms with Gasteiger partial charge in [-0.1, -0.05) is 12.2 Å². The van der Waals surface area contributed by atoms with E-state index in [-0.39, 0.29) is 11.9 Å². The van der Waals surface area contributed by atoms with Crippen LogP contribution in [0.15, 0.2) is 12.2 Å². The Hall–Kier alpha value is -0.670. The van der Waals surface area contributed by atoms with Crippen LogP contribution < -0.4 is 0 Å². The summed E-state index contributed by atoms with van der Waals surface area (Å²) in [5, 5.41) is 0. The van der Waals surface area contributed by atoms with Crippen molar-refractivity contribution in [3.05, 3.63) is 12.2 Å². The first-order chi connectivity index (χ1) is 7.53. The second kappa shape index (κ2) is 6.16. The minimum Gasteiger partial charge on any atom is -0.350 e. The molecule has 1 saturated heterocycles. The van der Waals surface area contributed by atoms with Crippen LogP contribution in [-0.2, 0) is 14.3 Å². The largest absolute Gasteiger partial charge is 0.350 e. The fourth-order valence-corrected chi connectivity index (χ4v) is 1.84. The highest BCUT2D eigenvalue weighted by molar-refractivity contribution is 5.79. The van der Waals surface area contributed by atoms with Crippen molar-refractivity contribution in [1.82, 2.24) is 0 Å². The van der Waals surface area contributed by atoms with Crippen LogP contribution >= 0.6 is 0 Å². The highest BCUT2D eigenvalue weighted by atomic mass is 16.7. The molecule has 1 rings (SSSR count). The molecule has 0 saturated carbocycles. The number of allylic oxidation sites excluding steroid dienone is 2. The Morgan fingerprint density at radius 3 is 2.88 bits per heavy atom. The third-order valence-corrected chi connectivity index (χ3v) is 2.62. The molecular formula is C13H22O3. The van der Waals surface area contributed by atoms with Gasteiger partial charge in [-0.3, -0.25) is 4.79 Å². The van der Waals surface area contributed by atoms with Gasteiger partial charge in [0.25, 0.3) is 0 Å². The van der Waals surface area contributed by atoms with Crippen molar-refractivity contribution in [2.75, 3.05) is 6.61 Å². The summed E-state index contributed by atoms with van der Waals surface area (Å²) in [6.07, 6.45) is 6.81. The minimum absolute atomic E-state index is 0.0295. The van der Waals surface area contributed by atoms with Crippen molar-refractivity contribution in [3.63, 3.8) is 0 Å². The van der Waals surface area contributed by atoms with Crippen LogP contribution in [0.1, 0.15) is 46.5 Å². The van der Waals surface area contributed by atoms with E-state index in [0.717, 1.165) is 12.8 Å². The first kappa shape index (κ1) is 13.4. The molecule has 3 heteroatoms. The first-order valence-electron chi connectivity index (χ1n) is 5.98. The molecule has 0 spiro atoms. The van der Waals surface area contributed by atoms with Gasteiger partial charge >= 0.3 is 0 Å². The van der Waals surface area contributed by atoms with E-state index < -0.39 is 5.79 Å². The van der Waals surface area contributed by atoms with Crippen LogP contribution in [0.3, 0.4) is 0 Å². The lowest BCUT2D eigenvalue weighted by atomic mass is 10.1. The van der Waals surface area contributed by atoms with Crippen molar-refractivity contribution >= 4 is 5.78 Å². The van der Waals surface area contributed by atoms with E-state index in [1.165, 1.54) is 0 Å². The number of carbonyl (C=O) groups excluding carboxylic acids is 1. The molecule has 1 aliphatic heterocycles. The molecule has 0 aromatic carbocycles. The molecule has 0 radical (unpaired) electrons. The van der Waals surface area contributed by atoms with Crippen LogP contribution in [-0.4, -0.2) is 24.3 Å². The Morgan fingerprint density at radius 1 is 1.50 bits per heavy atom. The van der Waals surface area contributed by atoms with E-state index >= 15 is 0 Å². The normalized spacial score (nSPS) is 24.8. The Morgan fingerprint density at radius 2 is 2.25 bits per heavy atom. The highest BCUT2D eigenvalue weighted by Crippen LogP contribution is 2.24. The van der Waals surface area contributed by atoms with Crippen molar-refractivity contribution in [3.8, 4) is 0 Å². The van der Waals surface area contributed by atoms with Crippen molar-refractivity contribution in [1.29, 1.82) is 0 Å². The Kier molecular flexibility index (Phi) is 5.16. The van der Waals surface area contributed by atoms with Crippen molar-refractivity contribution in [2.45, 2.75) is 58.3 Å². The van der Waals surface area contributed by atoms with Gasteiger partial charge in [0, 0.05) is 12.8 Å². The lowest BCUT2D eigenvalue weighted by Crippen LogP contribution is -2.40. The molecule has 3 nitrogen and oxygen atoms in total. The lowest BCUT2D eigenvalue weighted by molar-refractivity contribution is -0.272. The Bertz CT molecular complexity index is 256. The third kappa shape index (κ3) is 4.90. The zero-order chi connectivity index (χ0) is 12.0. The number of ether oxygens (including phenoxy) is 2. The highest BCUT2D eigenvalue weighted by Gasteiger charge is 2.30. The number of rotatable bonds is 5. The molecule has 0 aromatic heterocycles. The van der Waals surface area contributed by atoms with E-state index in [0.29, 0.717) is 19.4 Å². The second-order valence-electron chi connectivity index (χ2n) is 4.63. The quantitative estimate of drug-likeness (QED) is 0.676. The van der Waals surface area contributed by atoms with Gasteiger partial charge in [-0.2, -0.15) is 0 Å². The van der Waals surface area contributed by atoms with Gasteiger partial charge in [-0.25, -0.2) is 0 Å². The maximum absolute atomic E-state index is 11.6. The number of hydrogen-bond donors (Lipinski definition) is 0. The summed E-state index contributed by atoms with van der Waals surface area (Å²) < 4.78 is 11.1. The summed E-state index contributed by atoms with van der Waals surface area (Å²) in [4.78, 5) is 11.6. The predicted octanol–water partition coefficient (Wildman–Crippen LogP) is 2.84. The molecule has 0 N–H and O–H groups in total. The SMILES string of the molecule is C/C=C/CCC(=O)CC1CCOC(C)(C)O1. The smallest absolute Gasteiger partial charge is 0.163 e. The summed E-state index contributed by atoms with van der Waals surface area (Å²) in [7, 11) is 0. The zero-order valence-corrected chi connectivity index (χ0v) is 10.5. The molecule has 1 heterocycles. The monoisotopic (exact) mass is 226 g/mol. The average molecular weight is 226 g/mol. The number of ketones is 1. The molecule has 1 unspecified atom stereocenters. The molecule has 92 valence electrons. The van der Waals surface area contributed by atoms with E-state index in [1.54, 1.807) is 0 Å². The summed E-state index contributed by atoms with van der Waals surface area (Å²) in [6, 6.07) is 0. The summed E-state index contributed by atoms with van der Waals surface area (Å²) >= 11 is 0. The van der Waals surface area contributed by atoms with Gasteiger partial charge in [0.1, 0.15) is 5.78 Å². The molecule has 1 fully saturated rings. The molecular weight excluding hydrogens is 204 g/mol. The third-order valence-electron chi connectivity index (χ3n) is 2.62. The molecule has 1 aliphatic rings. The predicted molar refractivity (Wildman–Crippen MR) is 63.2 cm³/mol. The maximum Gasteiger partial charge on any atom is 0.163 e. The molecule has 0 amide bonds. The summed E-state index contributed by atoms with van der Waals surface area (Å²) in [5.41, 5.74) is 0. The van der Waals surface area contributed by atoms with Gasteiger partial charge in [0.05, 0.1) is 12.7 Å². The van der Waals surface area contributed by atoms with Crippen LogP contribution in [0.5, 0.6) is 0 Å². The van der Waals surface area contributed by atoms with Crippen molar-refractivity contribution < 1.29 is 14.3 Å². The van der Waals surface area contributed by atoms with Gasteiger partial charge in [0.2, 0.25) is 0 Å². The standard InChI is InChI=1S/C13H22O3/c1-4-5-6-7-11(14)10-12-8-9-15-13(2,3)16-12/h4-5,12H,6-10H2,1-3H3/b5-4+. The van der Waals surface area contributed by atoms with Gasteiger partial charge < -0.3 is 9.47 Å². The number of carbonyl (C=O) groups is 1. The topological polar surface area (TPSA) is 35.5 Å². The average Bonchev–Trinajstić information content (AvgIpc) is 2.16. The number of Topliss-reactive ketones (excluding diaryl/α,β-unsaturated/α-hetero) is 1. The number of hydrogen-bond acceptors (Lipinski definition) is 3. The molecule has 0 bridgehead atoms. The zero-order valence-electron chi connectivity index (χ0n) is 10.5. The van der Waals surface area contributed by atoms with Crippen LogP contribution in [0.25, 0.3) is 0 Å². The van der Waals surface area contributed by atoms with Gasteiger partial charge in [-0.05, 0) is 33.6 Å². The molecule has 1 atom stereocenters. The maximum atomic E-state index is 11.6. The van der Waals surface area contributed by atoms with Crippen LogP contribution in [0.4, 0.5) is 0 Å². The van der Waals surface area contributed by atoms with Gasteiger partial charge in [0.15, 0.2) is 5.79 Å². The fourth-order valence-electron chi connectivity index (χ4n) is 1.84. The van der Waals surface area contributed by atoms with Crippen LogP contribution in [0.2, 0.25) is 0 Å². The molecule has 0 aromatic rings. The van der Waals surface area contributed by atoms with Gasteiger partial charge in [-0.15, -0.1) is 0 Å². The first-order valence-corrected chi connectivity index (χ1v) is 5.98. The minimum atomic E-state index is -0.535. The summed E-state index contributed by atoms with van der Waals surface area (Å²) in [5.74, 6) is -0.257. The lowest BCUT2D eigenvalue weighted by Gasteiger charge is -2.35. The van der Waals surface area contributed by atoms with Crippen LogP contribution in [0, 0.1) is 0 Å². The van der Waals surface area contributed by atoms with E-state index in [9.17, 15) is 4.79 Å². The Balaban J connectivity index is 2.28. The van der Waals surface area contributed by atoms with E-state index in [1.807, 2.05) is 32.9 Å². The fraction of sp³-hybridized carbons (Fsp3) is 0.769. The van der Waals surface area contributed by atoms with E-state index in [2.05, 4.69) is 0 Å². The summed E-state index contributed by atoms with van der Waals surface area (Å²) in [6.45, 7) is 6.43. The molecule has 16 heavy (non-hydrogen) atoms. The van der Waals surface area contributed by atoms with Crippen molar-refractivity contribution in [2.24, 2.45) is 0 Å². The molecule has 0 aliphatic carbocycles. The second-order valence-corrected chi connectivity index (χ2v) is 4.63.